The van der Waals surface area contributed by atoms with Gasteiger partial charge in [-0.15, -0.1) is 11.3 Å². The van der Waals surface area contributed by atoms with Gasteiger partial charge in [0.15, 0.2) is 10.9 Å². The SMILES string of the molecule is CC[C@H](NC(=O)[C@@H](Cc1cccs1)NC(=O)C(Cc1ccccc1)SC(C)=O)C(C)=O. The van der Waals surface area contributed by atoms with Crippen LogP contribution in [-0.4, -0.2) is 40.0 Å². The second-order valence-electron chi connectivity index (χ2n) is 7.21. The number of benzene rings is 1. The molecule has 0 aliphatic heterocycles. The van der Waals surface area contributed by atoms with E-state index in [0.29, 0.717) is 19.3 Å². The van der Waals surface area contributed by atoms with Crippen molar-refractivity contribution < 1.29 is 19.2 Å². The maximum Gasteiger partial charge on any atom is 0.243 e. The van der Waals surface area contributed by atoms with E-state index >= 15 is 0 Å². The smallest absolute Gasteiger partial charge is 0.243 e. The van der Waals surface area contributed by atoms with Gasteiger partial charge in [-0.3, -0.25) is 19.2 Å². The summed E-state index contributed by atoms with van der Waals surface area (Å²) in [6.07, 6.45) is 1.15. The van der Waals surface area contributed by atoms with Crippen molar-refractivity contribution in [2.75, 3.05) is 0 Å². The summed E-state index contributed by atoms with van der Waals surface area (Å²) >= 11 is 2.44. The van der Waals surface area contributed by atoms with E-state index in [-0.39, 0.29) is 16.8 Å². The molecule has 8 heteroatoms. The molecule has 1 aromatic carbocycles. The summed E-state index contributed by atoms with van der Waals surface area (Å²) in [4.78, 5) is 50.5. The number of thiophene rings is 1. The van der Waals surface area contributed by atoms with E-state index in [1.807, 2.05) is 54.8 Å². The Morgan fingerprint density at radius 3 is 2.13 bits per heavy atom. The van der Waals surface area contributed by atoms with Gasteiger partial charge in [0.1, 0.15) is 6.04 Å². The minimum Gasteiger partial charge on any atom is -0.345 e. The highest BCUT2D eigenvalue weighted by Gasteiger charge is 2.29. The number of nitrogens with one attached hydrogen (secondary N) is 2. The second kappa shape index (κ2) is 12.4. The molecule has 2 rings (SSSR count). The van der Waals surface area contributed by atoms with Gasteiger partial charge in [-0.2, -0.15) is 0 Å². The fourth-order valence-corrected chi connectivity index (χ4v) is 4.69. The first-order valence-corrected chi connectivity index (χ1v) is 11.9. The molecule has 0 saturated carbocycles. The number of rotatable bonds is 11. The first-order chi connectivity index (χ1) is 14.8. The summed E-state index contributed by atoms with van der Waals surface area (Å²) in [5.41, 5.74) is 0.929. The highest BCUT2D eigenvalue weighted by atomic mass is 32.2. The van der Waals surface area contributed by atoms with E-state index in [2.05, 4.69) is 10.6 Å². The predicted octanol–water partition coefficient (Wildman–Crippen LogP) is 3.15. The average Bonchev–Trinajstić information content (AvgIpc) is 3.24. The number of thioether (sulfide) groups is 1. The summed E-state index contributed by atoms with van der Waals surface area (Å²) < 4.78 is 0. The van der Waals surface area contributed by atoms with Crippen LogP contribution in [0.5, 0.6) is 0 Å². The Morgan fingerprint density at radius 2 is 1.58 bits per heavy atom. The molecule has 0 aliphatic carbocycles. The monoisotopic (exact) mass is 460 g/mol. The van der Waals surface area contributed by atoms with E-state index in [1.165, 1.54) is 25.2 Å². The standard InChI is InChI=1S/C23H28N2O4S2/c1-4-19(15(2)26)24-22(28)20(14-18-11-8-12-30-18)25-23(29)21(31-16(3)27)13-17-9-6-5-7-10-17/h5-12,19-21H,4,13-14H2,1-3H3,(H,24,28)(H,25,29)/t19-,20+,21?/m0/s1. The molecule has 0 saturated heterocycles. The van der Waals surface area contributed by atoms with Crippen LogP contribution >= 0.6 is 23.1 Å². The van der Waals surface area contributed by atoms with Gasteiger partial charge in [0.25, 0.3) is 0 Å². The van der Waals surface area contributed by atoms with Crippen molar-refractivity contribution >= 4 is 45.8 Å². The maximum atomic E-state index is 13.1. The lowest BCUT2D eigenvalue weighted by molar-refractivity contribution is -0.131. The topological polar surface area (TPSA) is 92.3 Å². The van der Waals surface area contributed by atoms with E-state index in [4.69, 9.17) is 0 Å². The summed E-state index contributed by atoms with van der Waals surface area (Å²) in [7, 11) is 0. The first kappa shape index (κ1) is 24.8. The van der Waals surface area contributed by atoms with Gasteiger partial charge in [-0.05, 0) is 36.8 Å². The van der Waals surface area contributed by atoms with Crippen LogP contribution < -0.4 is 10.6 Å². The number of carbonyl (C=O) groups excluding carboxylic acids is 4. The summed E-state index contributed by atoms with van der Waals surface area (Å²) in [5.74, 6) is -0.919. The highest BCUT2D eigenvalue weighted by Crippen LogP contribution is 2.19. The number of amides is 2. The normalized spacial score (nSPS) is 13.6. The predicted molar refractivity (Wildman–Crippen MR) is 125 cm³/mol. The molecule has 2 amide bonds. The average molecular weight is 461 g/mol. The van der Waals surface area contributed by atoms with Gasteiger partial charge in [0.05, 0.1) is 11.3 Å². The third kappa shape index (κ3) is 8.30. The molecule has 6 nitrogen and oxygen atoms in total. The van der Waals surface area contributed by atoms with Crippen molar-refractivity contribution in [2.24, 2.45) is 0 Å². The van der Waals surface area contributed by atoms with Crippen LogP contribution in [0.1, 0.15) is 37.6 Å². The zero-order valence-electron chi connectivity index (χ0n) is 17.9. The Bertz CT molecular complexity index is 884. The first-order valence-electron chi connectivity index (χ1n) is 10.1. The summed E-state index contributed by atoms with van der Waals surface area (Å²) in [6.45, 7) is 4.67. The van der Waals surface area contributed by atoms with Crippen LogP contribution in [0.15, 0.2) is 47.8 Å². The van der Waals surface area contributed by atoms with Crippen LogP contribution in [0.25, 0.3) is 0 Å². The van der Waals surface area contributed by atoms with Crippen molar-refractivity contribution in [3.8, 4) is 0 Å². The molecule has 31 heavy (non-hydrogen) atoms. The molecular weight excluding hydrogens is 432 g/mol. The number of Topliss-reactive ketones (excluding diaryl/α,β-unsaturated/α-hetero) is 1. The van der Waals surface area contributed by atoms with Gasteiger partial charge in [0.2, 0.25) is 11.8 Å². The third-order valence-corrected chi connectivity index (χ3v) is 6.59. The lowest BCUT2D eigenvalue weighted by Crippen LogP contribution is -2.53. The van der Waals surface area contributed by atoms with Crippen LogP contribution in [0.4, 0.5) is 0 Å². The summed E-state index contributed by atoms with van der Waals surface area (Å²) in [6, 6.07) is 11.8. The molecular formula is C23H28N2O4S2. The van der Waals surface area contributed by atoms with E-state index in [9.17, 15) is 19.2 Å². The van der Waals surface area contributed by atoms with Crippen LogP contribution in [0, 0.1) is 0 Å². The minimum absolute atomic E-state index is 0.133. The van der Waals surface area contributed by atoms with Gasteiger partial charge >= 0.3 is 0 Å². The number of hydrogen-bond donors (Lipinski definition) is 2. The quantitative estimate of drug-likeness (QED) is 0.537. The lowest BCUT2D eigenvalue weighted by Gasteiger charge is -2.23. The molecule has 3 atom stereocenters. The molecule has 0 bridgehead atoms. The Balaban J connectivity index is 2.18. The zero-order chi connectivity index (χ0) is 22.8. The van der Waals surface area contributed by atoms with Crippen molar-refractivity contribution in [3.63, 3.8) is 0 Å². The van der Waals surface area contributed by atoms with E-state index < -0.39 is 23.2 Å². The highest BCUT2D eigenvalue weighted by molar-refractivity contribution is 8.14. The van der Waals surface area contributed by atoms with Crippen molar-refractivity contribution in [3.05, 3.63) is 58.3 Å². The van der Waals surface area contributed by atoms with E-state index in [0.717, 1.165) is 22.2 Å². The molecule has 0 aliphatic rings. The molecule has 1 unspecified atom stereocenters. The molecule has 1 heterocycles. The molecule has 1 aromatic heterocycles. The van der Waals surface area contributed by atoms with Crippen molar-refractivity contribution in [1.82, 2.24) is 10.6 Å². The fourth-order valence-electron chi connectivity index (χ4n) is 3.08. The van der Waals surface area contributed by atoms with Gasteiger partial charge < -0.3 is 10.6 Å². The van der Waals surface area contributed by atoms with Gasteiger partial charge in [-0.1, -0.05) is 55.1 Å². The Morgan fingerprint density at radius 1 is 0.903 bits per heavy atom. The Labute approximate surface area is 191 Å². The third-order valence-electron chi connectivity index (χ3n) is 4.70. The van der Waals surface area contributed by atoms with Crippen LogP contribution in [0.2, 0.25) is 0 Å². The molecule has 0 radical (unpaired) electrons. The maximum absolute atomic E-state index is 13.1. The van der Waals surface area contributed by atoms with E-state index in [1.54, 1.807) is 0 Å². The summed E-state index contributed by atoms with van der Waals surface area (Å²) in [5, 5.41) is 6.64. The van der Waals surface area contributed by atoms with Gasteiger partial charge in [0, 0.05) is 18.2 Å². The minimum atomic E-state index is -0.842. The molecule has 166 valence electrons. The molecule has 0 spiro atoms. The van der Waals surface area contributed by atoms with Gasteiger partial charge in [-0.25, -0.2) is 0 Å². The van der Waals surface area contributed by atoms with Crippen LogP contribution in [0.3, 0.4) is 0 Å². The number of carbonyl (C=O) groups is 4. The van der Waals surface area contributed by atoms with Crippen molar-refractivity contribution in [1.29, 1.82) is 0 Å². The fraction of sp³-hybridized carbons (Fsp3) is 0.391. The number of hydrogen-bond acceptors (Lipinski definition) is 6. The Hall–Kier alpha value is -2.45. The zero-order valence-corrected chi connectivity index (χ0v) is 19.6. The molecule has 2 aromatic rings. The Kier molecular flexibility index (Phi) is 9.94. The largest absolute Gasteiger partial charge is 0.345 e. The molecule has 0 fully saturated rings. The van der Waals surface area contributed by atoms with Crippen molar-refractivity contribution in [2.45, 2.75) is 57.4 Å². The number of ketones is 1. The molecule has 2 N–H and O–H groups in total. The lowest BCUT2D eigenvalue weighted by atomic mass is 10.1. The second-order valence-corrected chi connectivity index (χ2v) is 9.62. The van der Waals surface area contributed by atoms with Crippen LogP contribution in [-0.2, 0) is 32.0 Å².